The van der Waals surface area contributed by atoms with Gasteiger partial charge in [0.2, 0.25) is 0 Å². The van der Waals surface area contributed by atoms with E-state index in [1.807, 2.05) is 0 Å². The molecule has 0 aliphatic heterocycles. The first-order chi connectivity index (χ1) is 12.0. The van der Waals surface area contributed by atoms with Crippen molar-refractivity contribution < 1.29 is 0 Å². The summed E-state index contributed by atoms with van der Waals surface area (Å²) in [5, 5.41) is 7.99. The molecule has 1 aliphatic carbocycles. The molecule has 0 amide bonds. The molecule has 0 radical (unpaired) electrons. The maximum Gasteiger partial charge on any atom is 0.191 e. The summed E-state index contributed by atoms with van der Waals surface area (Å²) < 4.78 is 0. The highest BCUT2D eigenvalue weighted by Crippen LogP contribution is 2.48. The number of rotatable bonds is 6. The average molecular weight is 484 g/mol. The Morgan fingerprint density at radius 2 is 1.92 bits per heavy atom. The number of hydrogen-bond acceptors (Lipinski definition) is 3. The molecule has 0 unspecified atom stereocenters. The van der Waals surface area contributed by atoms with E-state index in [0.29, 0.717) is 6.54 Å². The van der Waals surface area contributed by atoms with Gasteiger partial charge in [0.1, 0.15) is 5.01 Å². The number of nitrogens with one attached hydrogen (secondary N) is 2. The van der Waals surface area contributed by atoms with Gasteiger partial charge in [-0.15, -0.1) is 35.3 Å². The lowest BCUT2D eigenvalue weighted by Crippen LogP contribution is -2.41. The normalized spacial score (nSPS) is 15.3. The molecular formula is C20H29IN4S. The fraction of sp³-hybridized carbons (Fsp3) is 0.500. The Morgan fingerprint density at radius 1 is 1.19 bits per heavy atom. The standard InChI is InChI=1S/C20H28N4S.HI/c1-5-21-19(22-12-18-24-15(3)16(4)25-18)23-13-20(10-11-20)17-9-7-6-8-14(17)2;/h6-9H,5,10-13H2,1-4H3,(H2,21,22,23);1H. The summed E-state index contributed by atoms with van der Waals surface area (Å²) in [5.74, 6) is 0.882. The molecular weight excluding hydrogens is 455 g/mol. The Hall–Kier alpha value is -1.15. The molecule has 3 rings (SSSR count). The second kappa shape index (κ2) is 9.17. The van der Waals surface area contributed by atoms with Crippen LogP contribution in [0.3, 0.4) is 0 Å². The number of aliphatic imine (C=N–C) groups is 1. The number of halogens is 1. The molecule has 1 fully saturated rings. The van der Waals surface area contributed by atoms with Gasteiger partial charge >= 0.3 is 0 Å². The fourth-order valence-corrected chi connectivity index (χ4v) is 4.07. The van der Waals surface area contributed by atoms with Crippen molar-refractivity contribution in [1.29, 1.82) is 0 Å². The summed E-state index contributed by atoms with van der Waals surface area (Å²) in [6, 6.07) is 8.75. The predicted octanol–water partition coefficient (Wildman–Crippen LogP) is 4.47. The molecule has 26 heavy (non-hydrogen) atoms. The van der Waals surface area contributed by atoms with Gasteiger partial charge in [0, 0.05) is 23.4 Å². The van der Waals surface area contributed by atoms with Gasteiger partial charge in [-0.25, -0.2) is 9.98 Å². The van der Waals surface area contributed by atoms with Crippen molar-refractivity contribution in [2.24, 2.45) is 4.99 Å². The highest BCUT2D eigenvalue weighted by Gasteiger charge is 2.44. The Bertz CT molecular complexity index is 745. The van der Waals surface area contributed by atoms with E-state index in [4.69, 9.17) is 4.99 Å². The van der Waals surface area contributed by atoms with Gasteiger partial charge in [-0.05, 0) is 51.7 Å². The smallest absolute Gasteiger partial charge is 0.191 e. The van der Waals surface area contributed by atoms with E-state index in [0.717, 1.165) is 29.8 Å². The maximum atomic E-state index is 4.73. The van der Waals surface area contributed by atoms with Gasteiger partial charge in [0.25, 0.3) is 0 Å². The van der Waals surface area contributed by atoms with Crippen LogP contribution in [0.2, 0.25) is 0 Å². The zero-order valence-corrected chi connectivity index (χ0v) is 19.2. The van der Waals surface area contributed by atoms with Crippen LogP contribution in [-0.4, -0.2) is 24.0 Å². The van der Waals surface area contributed by atoms with Crippen LogP contribution in [0.5, 0.6) is 0 Å². The Kier molecular flexibility index (Phi) is 7.46. The number of nitrogens with zero attached hydrogens (tertiary/aromatic N) is 2. The van der Waals surface area contributed by atoms with Crippen molar-refractivity contribution in [1.82, 2.24) is 15.6 Å². The quantitative estimate of drug-likeness (QED) is 0.361. The zero-order chi connectivity index (χ0) is 17.9. The second-order valence-corrected chi connectivity index (χ2v) is 8.18. The molecule has 0 saturated heterocycles. The van der Waals surface area contributed by atoms with Gasteiger partial charge in [0.05, 0.1) is 12.2 Å². The van der Waals surface area contributed by atoms with Crippen LogP contribution in [-0.2, 0) is 12.0 Å². The van der Waals surface area contributed by atoms with Crippen molar-refractivity contribution in [2.75, 3.05) is 13.1 Å². The predicted molar refractivity (Wildman–Crippen MR) is 122 cm³/mol. The van der Waals surface area contributed by atoms with Crippen molar-refractivity contribution in [3.8, 4) is 0 Å². The molecule has 0 bridgehead atoms. The van der Waals surface area contributed by atoms with E-state index < -0.39 is 0 Å². The van der Waals surface area contributed by atoms with E-state index in [9.17, 15) is 0 Å². The van der Waals surface area contributed by atoms with E-state index in [2.05, 4.69) is 67.6 Å². The molecule has 1 saturated carbocycles. The number of benzene rings is 1. The fourth-order valence-electron chi connectivity index (χ4n) is 3.21. The molecule has 1 aromatic carbocycles. The summed E-state index contributed by atoms with van der Waals surface area (Å²) >= 11 is 1.74. The van der Waals surface area contributed by atoms with Gasteiger partial charge in [-0.2, -0.15) is 0 Å². The zero-order valence-electron chi connectivity index (χ0n) is 16.1. The lowest BCUT2D eigenvalue weighted by Gasteiger charge is -2.20. The van der Waals surface area contributed by atoms with Gasteiger partial charge in [-0.3, -0.25) is 0 Å². The van der Waals surface area contributed by atoms with Crippen LogP contribution in [0.15, 0.2) is 29.3 Å². The third-order valence-electron chi connectivity index (χ3n) is 4.95. The Morgan fingerprint density at radius 3 is 2.50 bits per heavy atom. The second-order valence-electron chi connectivity index (χ2n) is 6.89. The van der Waals surface area contributed by atoms with Crippen LogP contribution >= 0.6 is 35.3 Å². The minimum atomic E-state index is 0. The SMILES string of the molecule is CCNC(=NCc1nc(C)c(C)s1)NCC1(c2ccccc2C)CC1.I. The van der Waals surface area contributed by atoms with Crippen LogP contribution in [0.4, 0.5) is 0 Å². The molecule has 4 nitrogen and oxygen atoms in total. The molecule has 2 aromatic rings. The van der Waals surface area contributed by atoms with Crippen molar-refractivity contribution in [3.63, 3.8) is 0 Å². The minimum Gasteiger partial charge on any atom is -0.357 e. The first kappa shape index (κ1) is 21.2. The minimum absolute atomic E-state index is 0. The first-order valence-electron chi connectivity index (χ1n) is 9.05. The van der Waals surface area contributed by atoms with Crippen LogP contribution < -0.4 is 10.6 Å². The molecule has 0 atom stereocenters. The number of aryl methyl sites for hydroxylation is 3. The van der Waals surface area contributed by atoms with Gasteiger partial charge in [-0.1, -0.05) is 24.3 Å². The topological polar surface area (TPSA) is 49.3 Å². The number of guanidine groups is 1. The van der Waals surface area contributed by atoms with Crippen LogP contribution in [0, 0.1) is 20.8 Å². The lowest BCUT2D eigenvalue weighted by atomic mass is 9.92. The monoisotopic (exact) mass is 484 g/mol. The molecule has 0 spiro atoms. The molecule has 1 heterocycles. The number of aromatic nitrogens is 1. The first-order valence-corrected chi connectivity index (χ1v) is 9.87. The average Bonchev–Trinajstić information content (AvgIpc) is 3.31. The summed E-state index contributed by atoms with van der Waals surface area (Å²) in [7, 11) is 0. The number of thiazole rings is 1. The van der Waals surface area contributed by atoms with E-state index in [-0.39, 0.29) is 29.4 Å². The summed E-state index contributed by atoms with van der Waals surface area (Å²) in [5.41, 5.74) is 4.25. The molecule has 6 heteroatoms. The Labute approximate surface area is 177 Å². The van der Waals surface area contributed by atoms with Crippen LogP contribution in [0.25, 0.3) is 0 Å². The van der Waals surface area contributed by atoms with E-state index >= 15 is 0 Å². The summed E-state index contributed by atoms with van der Waals surface area (Å²) in [6.07, 6.45) is 2.49. The van der Waals surface area contributed by atoms with Crippen molar-refractivity contribution in [3.05, 3.63) is 51.0 Å². The van der Waals surface area contributed by atoms with Crippen molar-refractivity contribution in [2.45, 2.75) is 52.5 Å². The molecule has 1 aromatic heterocycles. The highest BCUT2D eigenvalue weighted by molar-refractivity contribution is 14.0. The lowest BCUT2D eigenvalue weighted by molar-refractivity contribution is 0.642. The third kappa shape index (κ3) is 4.97. The van der Waals surface area contributed by atoms with Gasteiger partial charge < -0.3 is 10.6 Å². The summed E-state index contributed by atoms with van der Waals surface area (Å²) in [4.78, 5) is 10.6. The molecule has 2 N–H and O–H groups in total. The van der Waals surface area contributed by atoms with E-state index in [1.54, 1.807) is 11.3 Å². The molecule has 1 aliphatic rings. The number of hydrogen-bond donors (Lipinski definition) is 2. The van der Waals surface area contributed by atoms with Crippen molar-refractivity contribution >= 4 is 41.3 Å². The third-order valence-corrected chi connectivity index (χ3v) is 6.01. The maximum absolute atomic E-state index is 4.73. The van der Waals surface area contributed by atoms with E-state index in [1.165, 1.54) is 28.8 Å². The highest BCUT2D eigenvalue weighted by atomic mass is 127. The largest absolute Gasteiger partial charge is 0.357 e. The van der Waals surface area contributed by atoms with Crippen LogP contribution in [0.1, 0.15) is 46.5 Å². The van der Waals surface area contributed by atoms with Gasteiger partial charge in [0.15, 0.2) is 5.96 Å². The Balaban J connectivity index is 0.00000243. The molecule has 142 valence electrons. The summed E-state index contributed by atoms with van der Waals surface area (Å²) in [6.45, 7) is 10.9.